The van der Waals surface area contributed by atoms with Crippen molar-refractivity contribution in [2.75, 3.05) is 18.5 Å². The van der Waals surface area contributed by atoms with Gasteiger partial charge in [-0.3, -0.25) is 19.2 Å². The van der Waals surface area contributed by atoms with Crippen molar-refractivity contribution in [2.45, 2.75) is 51.6 Å². The van der Waals surface area contributed by atoms with Gasteiger partial charge >= 0.3 is 11.8 Å². The summed E-state index contributed by atoms with van der Waals surface area (Å²) in [6.45, 7) is 2.65. The molecular formula is C27H31F5N4O5. The number of ketones is 1. The molecule has 224 valence electrons. The summed E-state index contributed by atoms with van der Waals surface area (Å²) in [6, 6.07) is 2.48. The Morgan fingerprint density at radius 1 is 0.854 bits per heavy atom. The van der Waals surface area contributed by atoms with Gasteiger partial charge in [0.1, 0.15) is 18.5 Å². The van der Waals surface area contributed by atoms with E-state index in [0.29, 0.717) is 12.8 Å². The minimum atomic E-state index is -1.84. The van der Waals surface area contributed by atoms with Crippen molar-refractivity contribution in [2.24, 2.45) is 11.7 Å². The highest BCUT2D eigenvalue weighted by molar-refractivity contribution is 6.40. The van der Waals surface area contributed by atoms with Gasteiger partial charge in [0.25, 0.3) is 0 Å². The zero-order valence-corrected chi connectivity index (χ0v) is 22.4. The van der Waals surface area contributed by atoms with Crippen LogP contribution in [0.4, 0.5) is 27.6 Å². The number of halogens is 5. The first-order valence-electron chi connectivity index (χ1n) is 12.7. The first-order chi connectivity index (χ1) is 19.3. The van der Waals surface area contributed by atoms with Gasteiger partial charge in [0.15, 0.2) is 23.2 Å². The predicted molar refractivity (Wildman–Crippen MR) is 138 cm³/mol. The van der Waals surface area contributed by atoms with Gasteiger partial charge in [0, 0.05) is 6.07 Å². The van der Waals surface area contributed by atoms with Gasteiger partial charge in [0.2, 0.25) is 17.5 Å². The summed E-state index contributed by atoms with van der Waals surface area (Å²) in [5.74, 6) is -13.8. The van der Waals surface area contributed by atoms with Gasteiger partial charge in [-0.1, -0.05) is 26.0 Å². The maximum atomic E-state index is 13.9. The van der Waals surface area contributed by atoms with Crippen LogP contribution in [-0.4, -0.2) is 48.7 Å². The molecule has 2 aromatic rings. The van der Waals surface area contributed by atoms with E-state index in [4.69, 9.17) is 10.5 Å². The van der Waals surface area contributed by atoms with E-state index >= 15 is 0 Å². The molecule has 0 saturated carbocycles. The fourth-order valence-electron chi connectivity index (χ4n) is 3.67. The Balaban J connectivity index is 2.15. The molecule has 5 N–H and O–H groups in total. The number of hydrogen-bond acceptors (Lipinski definition) is 6. The number of ether oxygens (including phenoxy) is 1. The third-order valence-corrected chi connectivity index (χ3v) is 5.74. The van der Waals surface area contributed by atoms with Crippen LogP contribution < -0.4 is 26.4 Å². The highest BCUT2D eigenvalue weighted by Crippen LogP contribution is 2.26. The number of rotatable bonds is 14. The molecule has 0 aliphatic heterocycles. The number of carbonyl (C=O) groups is 4. The molecule has 0 heterocycles. The first kappa shape index (κ1) is 33.1. The summed E-state index contributed by atoms with van der Waals surface area (Å²) >= 11 is 0. The minimum absolute atomic E-state index is 0.00370. The summed E-state index contributed by atoms with van der Waals surface area (Å²) < 4.78 is 73.4. The van der Waals surface area contributed by atoms with Crippen LogP contribution in [0.25, 0.3) is 0 Å². The van der Waals surface area contributed by atoms with Crippen molar-refractivity contribution in [3.63, 3.8) is 0 Å². The average Bonchev–Trinajstić information content (AvgIpc) is 2.91. The normalized spacial score (nSPS) is 12.4. The van der Waals surface area contributed by atoms with Crippen molar-refractivity contribution in [3.8, 4) is 5.75 Å². The lowest BCUT2D eigenvalue weighted by Crippen LogP contribution is -2.54. The zero-order chi connectivity index (χ0) is 30.7. The van der Waals surface area contributed by atoms with Crippen LogP contribution in [0.3, 0.4) is 0 Å². The molecule has 0 unspecified atom stereocenters. The van der Waals surface area contributed by atoms with E-state index in [2.05, 4.69) is 16.0 Å². The lowest BCUT2D eigenvalue weighted by Gasteiger charge is -2.24. The summed E-state index contributed by atoms with van der Waals surface area (Å²) in [6.07, 6.45) is 0.811. The molecule has 0 aliphatic carbocycles. The van der Waals surface area contributed by atoms with Crippen LogP contribution in [0.15, 0.2) is 30.3 Å². The van der Waals surface area contributed by atoms with Crippen molar-refractivity contribution < 1.29 is 45.9 Å². The maximum absolute atomic E-state index is 13.9. The predicted octanol–water partition coefficient (Wildman–Crippen LogP) is 3.11. The third-order valence-electron chi connectivity index (χ3n) is 5.74. The number of carbonyl (C=O) groups excluding carboxylic acids is 4. The Morgan fingerprint density at radius 3 is 2.07 bits per heavy atom. The highest BCUT2D eigenvalue weighted by atomic mass is 19.2. The molecule has 2 rings (SSSR count). The first-order valence-corrected chi connectivity index (χ1v) is 12.7. The molecule has 41 heavy (non-hydrogen) atoms. The molecule has 0 aliphatic rings. The lowest BCUT2D eigenvalue weighted by molar-refractivity contribution is -0.138. The van der Waals surface area contributed by atoms with Crippen molar-refractivity contribution >= 4 is 29.2 Å². The maximum Gasteiger partial charge on any atom is 0.313 e. The van der Waals surface area contributed by atoms with E-state index in [0.717, 1.165) is 6.07 Å². The highest BCUT2D eigenvalue weighted by Gasteiger charge is 2.30. The topological polar surface area (TPSA) is 140 Å². The number of para-hydroxylation sites is 1. The molecule has 0 spiro atoms. The Labute approximate surface area is 233 Å². The molecule has 3 amide bonds. The van der Waals surface area contributed by atoms with E-state index in [1.165, 1.54) is 18.2 Å². The molecule has 0 fully saturated rings. The standard InChI is InChI=1S/C27H31F5N4O5/c1-14(2)11-20(36-27(40)26(39)34-18-8-4-3-7-15(18)28)25(38)35-19(9-5-6-10-33)21(37)13-41-24-22(31)16(29)12-17(30)23(24)32/h3-4,7-8,12,14,19-20H,5-6,9-11,13,33H2,1-2H3,(H,34,39)(H,35,38)(H,36,40)/t19-,20-/m0/s1. The van der Waals surface area contributed by atoms with E-state index < -0.39 is 77.0 Å². The monoisotopic (exact) mass is 586 g/mol. The van der Waals surface area contributed by atoms with Crippen molar-refractivity contribution in [1.82, 2.24) is 10.6 Å². The number of nitrogens with one attached hydrogen (secondary N) is 3. The van der Waals surface area contributed by atoms with Crippen molar-refractivity contribution in [1.29, 1.82) is 0 Å². The molecule has 0 bridgehead atoms. The Kier molecular flexibility index (Phi) is 12.6. The number of amides is 3. The second kappa shape index (κ2) is 15.6. The molecule has 2 atom stereocenters. The quantitative estimate of drug-likeness (QED) is 0.116. The van der Waals surface area contributed by atoms with Gasteiger partial charge < -0.3 is 26.4 Å². The van der Waals surface area contributed by atoms with E-state index in [-0.39, 0.29) is 37.1 Å². The number of Topliss-reactive ketones (excluding diaryl/α,β-unsaturated/α-hetero) is 1. The minimum Gasteiger partial charge on any atom is -0.479 e. The average molecular weight is 587 g/mol. The Bertz CT molecular complexity index is 1230. The van der Waals surface area contributed by atoms with Crippen LogP contribution in [0.1, 0.15) is 39.5 Å². The number of hydrogen-bond donors (Lipinski definition) is 4. The van der Waals surface area contributed by atoms with Gasteiger partial charge in [-0.05, 0) is 50.3 Å². The Morgan fingerprint density at radius 2 is 1.49 bits per heavy atom. The van der Waals surface area contributed by atoms with Crippen LogP contribution in [0.2, 0.25) is 0 Å². The fraction of sp³-hybridized carbons (Fsp3) is 0.407. The summed E-state index contributed by atoms with van der Waals surface area (Å²) in [5, 5.41) is 6.77. The van der Waals surface area contributed by atoms with Crippen molar-refractivity contribution in [3.05, 3.63) is 59.4 Å². The molecular weight excluding hydrogens is 555 g/mol. The zero-order valence-electron chi connectivity index (χ0n) is 22.4. The summed E-state index contributed by atoms with van der Waals surface area (Å²) in [5.41, 5.74) is 5.22. The number of unbranched alkanes of at least 4 members (excludes halogenated alkanes) is 1. The lowest BCUT2D eigenvalue weighted by atomic mass is 10.0. The van der Waals surface area contributed by atoms with Gasteiger partial charge in [-0.15, -0.1) is 0 Å². The van der Waals surface area contributed by atoms with E-state index in [9.17, 15) is 41.1 Å². The van der Waals surface area contributed by atoms with Crippen LogP contribution in [0.5, 0.6) is 5.75 Å². The van der Waals surface area contributed by atoms with Gasteiger partial charge in [0.05, 0.1) is 11.7 Å². The third kappa shape index (κ3) is 9.81. The molecule has 0 aromatic heterocycles. The molecule has 14 heteroatoms. The molecule has 9 nitrogen and oxygen atoms in total. The van der Waals surface area contributed by atoms with Crippen LogP contribution >= 0.6 is 0 Å². The molecule has 2 aromatic carbocycles. The van der Waals surface area contributed by atoms with E-state index in [1.54, 1.807) is 13.8 Å². The number of benzene rings is 2. The van der Waals surface area contributed by atoms with Gasteiger partial charge in [-0.25, -0.2) is 13.2 Å². The second-order valence-electron chi connectivity index (χ2n) is 9.49. The summed E-state index contributed by atoms with van der Waals surface area (Å²) in [7, 11) is 0. The SMILES string of the molecule is CC(C)C[C@H](NC(=O)C(=O)Nc1ccccc1F)C(=O)N[C@@H](CCCCN)C(=O)COc1c(F)c(F)cc(F)c1F. The smallest absolute Gasteiger partial charge is 0.313 e. The van der Waals surface area contributed by atoms with E-state index in [1.807, 2.05) is 0 Å². The van der Waals surface area contributed by atoms with Crippen LogP contribution in [-0.2, 0) is 19.2 Å². The largest absolute Gasteiger partial charge is 0.479 e. The number of nitrogens with two attached hydrogens (primary N) is 1. The van der Waals surface area contributed by atoms with Gasteiger partial charge in [-0.2, -0.15) is 8.78 Å². The number of anilines is 1. The molecule has 0 saturated heterocycles. The molecule has 0 radical (unpaired) electrons. The second-order valence-corrected chi connectivity index (χ2v) is 9.49. The van der Waals surface area contributed by atoms with Crippen LogP contribution in [0, 0.1) is 35.0 Å². The fourth-order valence-corrected chi connectivity index (χ4v) is 3.67. The Hall–Kier alpha value is -4.07. The summed E-state index contributed by atoms with van der Waals surface area (Å²) in [4.78, 5) is 50.8.